The van der Waals surface area contributed by atoms with Crippen molar-refractivity contribution in [1.82, 2.24) is 0 Å². The minimum atomic E-state index is -0.146. The summed E-state index contributed by atoms with van der Waals surface area (Å²) in [4.78, 5) is 27.0. The maximum Gasteiger partial charge on any atom is 0.237 e. The third-order valence-corrected chi connectivity index (χ3v) is 5.71. The van der Waals surface area contributed by atoms with E-state index in [0.717, 1.165) is 36.1 Å². The average Bonchev–Trinajstić information content (AvgIpc) is 2.85. The smallest absolute Gasteiger partial charge is 0.237 e. The van der Waals surface area contributed by atoms with Gasteiger partial charge in [0.15, 0.2) is 0 Å². The Balaban J connectivity index is 1.53. The molecule has 1 aliphatic heterocycles. The van der Waals surface area contributed by atoms with Gasteiger partial charge in [0.05, 0.1) is 17.5 Å². The van der Waals surface area contributed by atoms with Gasteiger partial charge in [0.25, 0.3) is 0 Å². The molecule has 4 nitrogen and oxygen atoms in total. The Morgan fingerprint density at radius 1 is 0.852 bits per heavy atom. The number of hydrogen-bond acceptors (Lipinski definition) is 3. The molecule has 2 aromatic rings. The number of benzene rings is 2. The van der Waals surface area contributed by atoms with Gasteiger partial charge in [-0.3, -0.25) is 14.5 Å². The van der Waals surface area contributed by atoms with Gasteiger partial charge in [-0.15, -0.1) is 0 Å². The van der Waals surface area contributed by atoms with E-state index in [1.807, 2.05) is 38.1 Å². The fraction of sp³-hybridized carbons (Fsp3) is 0.391. The molecule has 2 amide bonds. The van der Waals surface area contributed by atoms with E-state index in [4.69, 9.17) is 4.74 Å². The van der Waals surface area contributed by atoms with Crippen LogP contribution in [0.1, 0.15) is 37.3 Å². The summed E-state index contributed by atoms with van der Waals surface area (Å²) < 4.78 is 5.93. The standard InChI is InChI=1S/C23H25NO3/c1-14-4-9-20-21(13-14)23(26)24(22(20)25)17-5-7-18(8-6-17)27-19-11-15(2)10-16(3)12-19/h5-8,10-12,14,20-21H,4,9,13H2,1-3H3/t14-,20-,21-/m1/s1. The predicted octanol–water partition coefficient (Wildman–Crippen LogP) is 5.02. The Hall–Kier alpha value is -2.62. The maximum absolute atomic E-state index is 12.8. The van der Waals surface area contributed by atoms with E-state index in [2.05, 4.69) is 13.0 Å². The average molecular weight is 363 g/mol. The predicted molar refractivity (Wildman–Crippen MR) is 105 cm³/mol. The lowest BCUT2D eigenvalue weighted by atomic mass is 9.76. The lowest BCUT2D eigenvalue weighted by Gasteiger charge is -2.25. The van der Waals surface area contributed by atoms with Crippen LogP contribution in [0.3, 0.4) is 0 Å². The zero-order valence-electron chi connectivity index (χ0n) is 16.1. The first kappa shape index (κ1) is 17.8. The first-order valence-corrected chi connectivity index (χ1v) is 9.66. The zero-order chi connectivity index (χ0) is 19.1. The quantitative estimate of drug-likeness (QED) is 0.719. The zero-order valence-corrected chi connectivity index (χ0v) is 16.1. The molecule has 0 bridgehead atoms. The van der Waals surface area contributed by atoms with Crippen molar-refractivity contribution >= 4 is 17.5 Å². The van der Waals surface area contributed by atoms with Crippen molar-refractivity contribution in [2.24, 2.45) is 17.8 Å². The molecule has 140 valence electrons. The van der Waals surface area contributed by atoms with E-state index in [9.17, 15) is 9.59 Å². The summed E-state index contributed by atoms with van der Waals surface area (Å²) >= 11 is 0. The fourth-order valence-electron chi connectivity index (χ4n) is 4.44. The number of hydrogen-bond donors (Lipinski definition) is 0. The molecule has 3 atom stereocenters. The molecule has 0 N–H and O–H groups in total. The number of anilines is 1. The number of amides is 2. The highest BCUT2D eigenvalue weighted by molar-refractivity contribution is 6.22. The normalized spacial score (nSPS) is 24.9. The number of fused-ring (bicyclic) bond motifs is 1. The van der Waals surface area contributed by atoms with E-state index in [0.29, 0.717) is 17.4 Å². The van der Waals surface area contributed by atoms with Gasteiger partial charge in [-0.2, -0.15) is 0 Å². The number of carbonyl (C=O) groups is 2. The van der Waals surface area contributed by atoms with Crippen LogP contribution in [0.15, 0.2) is 42.5 Å². The van der Waals surface area contributed by atoms with Crippen molar-refractivity contribution in [3.63, 3.8) is 0 Å². The largest absolute Gasteiger partial charge is 0.457 e. The number of imide groups is 1. The van der Waals surface area contributed by atoms with E-state index in [1.165, 1.54) is 4.90 Å². The highest BCUT2D eigenvalue weighted by Gasteiger charge is 2.49. The lowest BCUT2D eigenvalue weighted by molar-refractivity contribution is -0.122. The Morgan fingerprint density at radius 3 is 2.15 bits per heavy atom. The molecule has 1 saturated carbocycles. The number of carbonyl (C=O) groups excluding carboxylic acids is 2. The van der Waals surface area contributed by atoms with Gasteiger partial charge in [0, 0.05) is 0 Å². The van der Waals surface area contributed by atoms with E-state index >= 15 is 0 Å². The number of rotatable bonds is 3. The van der Waals surface area contributed by atoms with E-state index in [-0.39, 0.29) is 23.7 Å². The molecule has 1 aliphatic carbocycles. The van der Waals surface area contributed by atoms with Crippen LogP contribution in [-0.4, -0.2) is 11.8 Å². The van der Waals surface area contributed by atoms with Gasteiger partial charge in [-0.1, -0.05) is 13.0 Å². The van der Waals surface area contributed by atoms with Crippen LogP contribution in [0.25, 0.3) is 0 Å². The van der Waals surface area contributed by atoms with Crippen molar-refractivity contribution in [1.29, 1.82) is 0 Å². The Labute approximate surface area is 160 Å². The van der Waals surface area contributed by atoms with E-state index in [1.54, 1.807) is 12.1 Å². The molecule has 0 aromatic heterocycles. The van der Waals surface area contributed by atoms with Crippen LogP contribution in [0.4, 0.5) is 5.69 Å². The molecule has 1 saturated heterocycles. The van der Waals surface area contributed by atoms with Gasteiger partial charge in [0.1, 0.15) is 11.5 Å². The molecule has 27 heavy (non-hydrogen) atoms. The summed E-state index contributed by atoms with van der Waals surface area (Å²) in [6.07, 6.45) is 2.66. The third kappa shape index (κ3) is 3.36. The lowest BCUT2D eigenvalue weighted by Crippen LogP contribution is -2.30. The highest BCUT2D eigenvalue weighted by Crippen LogP contribution is 2.42. The van der Waals surface area contributed by atoms with Crippen LogP contribution in [0.5, 0.6) is 11.5 Å². The molecule has 4 rings (SSSR count). The summed E-state index contributed by atoms with van der Waals surface area (Å²) in [6.45, 7) is 6.23. The minimum absolute atomic E-state index is 0.0418. The number of ether oxygens (including phenoxy) is 1. The summed E-state index contributed by atoms with van der Waals surface area (Å²) in [6, 6.07) is 13.3. The summed E-state index contributed by atoms with van der Waals surface area (Å²) in [5, 5.41) is 0. The molecule has 2 fully saturated rings. The molecule has 0 radical (unpaired) electrons. The molecular formula is C23H25NO3. The Morgan fingerprint density at radius 2 is 1.48 bits per heavy atom. The molecule has 0 spiro atoms. The molecule has 0 unspecified atom stereocenters. The Kier molecular flexibility index (Phi) is 4.50. The van der Waals surface area contributed by atoms with Gasteiger partial charge in [0.2, 0.25) is 11.8 Å². The van der Waals surface area contributed by atoms with Crippen molar-refractivity contribution in [2.45, 2.75) is 40.0 Å². The Bertz CT molecular complexity index is 867. The van der Waals surface area contributed by atoms with Gasteiger partial charge in [-0.05, 0) is 86.6 Å². The molecular weight excluding hydrogens is 338 g/mol. The van der Waals surface area contributed by atoms with Gasteiger partial charge < -0.3 is 4.74 Å². The van der Waals surface area contributed by atoms with Crippen LogP contribution >= 0.6 is 0 Å². The number of nitrogens with zero attached hydrogens (tertiary/aromatic N) is 1. The maximum atomic E-state index is 12.8. The summed E-state index contributed by atoms with van der Waals surface area (Å²) in [5.41, 5.74) is 2.93. The van der Waals surface area contributed by atoms with Crippen LogP contribution < -0.4 is 9.64 Å². The molecule has 4 heteroatoms. The second-order valence-corrected chi connectivity index (χ2v) is 8.06. The summed E-state index contributed by atoms with van der Waals surface area (Å²) in [5.74, 6) is 1.62. The van der Waals surface area contributed by atoms with Crippen molar-refractivity contribution in [3.8, 4) is 11.5 Å². The molecule has 2 aliphatic rings. The summed E-state index contributed by atoms with van der Waals surface area (Å²) in [7, 11) is 0. The van der Waals surface area contributed by atoms with Crippen molar-refractivity contribution < 1.29 is 14.3 Å². The fourth-order valence-corrected chi connectivity index (χ4v) is 4.44. The minimum Gasteiger partial charge on any atom is -0.457 e. The van der Waals surface area contributed by atoms with Gasteiger partial charge >= 0.3 is 0 Å². The SMILES string of the molecule is Cc1cc(C)cc(Oc2ccc(N3C(=O)[C@@H]4CC[C@@H](C)C[C@H]4C3=O)cc2)c1. The first-order valence-electron chi connectivity index (χ1n) is 9.66. The highest BCUT2D eigenvalue weighted by atomic mass is 16.5. The van der Waals surface area contributed by atoms with Crippen LogP contribution in [-0.2, 0) is 9.59 Å². The van der Waals surface area contributed by atoms with Gasteiger partial charge in [-0.25, -0.2) is 0 Å². The second-order valence-electron chi connectivity index (χ2n) is 8.06. The monoisotopic (exact) mass is 363 g/mol. The third-order valence-electron chi connectivity index (χ3n) is 5.71. The number of aryl methyl sites for hydroxylation is 2. The molecule has 1 heterocycles. The second kappa shape index (κ2) is 6.84. The first-order chi connectivity index (χ1) is 12.9. The topological polar surface area (TPSA) is 46.6 Å². The molecule has 2 aromatic carbocycles. The van der Waals surface area contributed by atoms with Crippen molar-refractivity contribution in [2.75, 3.05) is 4.90 Å². The van der Waals surface area contributed by atoms with Crippen LogP contribution in [0.2, 0.25) is 0 Å². The van der Waals surface area contributed by atoms with E-state index < -0.39 is 0 Å². The van der Waals surface area contributed by atoms with Crippen LogP contribution in [0, 0.1) is 31.6 Å². The van der Waals surface area contributed by atoms with Crippen molar-refractivity contribution in [3.05, 3.63) is 53.6 Å².